The van der Waals surface area contributed by atoms with Gasteiger partial charge in [0.15, 0.2) is 5.78 Å². The van der Waals surface area contributed by atoms with Crippen molar-refractivity contribution in [1.82, 2.24) is 4.90 Å². The number of rotatable bonds is 5. The van der Waals surface area contributed by atoms with E-state index in [9.17, 15) is 24.3 Å². The highest BCUT2D eigenvalue weighted by Crippen LogP contribution is 2.26. The summed E-state index contributed by atoms with van der Waals surface area (Å²) in [5, 5.41) is 10.8. The molecule has 0 spiro atoms. The van der Waals surface area contributed by atoms with Crippen molar-refractivity contribution in [3.63, 3.8) is 0 Å². The zero-order valence-electron chi connectivity index (χ0n) is 14.4. The van der Waals surface area contributed by atoms with Gasteiger partial charge in [-0.3, -0.25) is 19.3 Å². The summed E-state index contributed by atoms with van der Waals surface area (Å²) < 4.78 is 5.19. The van der Waals surface area contributed by atoms with Gasteiger partial charge in [0.1, 0.15) is 5.76 Å². The van der Waals surface area contributed by atoms with Crippen molar-refractivity contribution < 1.29 is 28.7 Å². The number of nitrogens with zero attached hydrogens (tertiary/aromatic N) is 1. The number of hydrogen-bond donors (Lipinski definition) is 0. The predicted octanol–water partition coefficient (Wildman–Crippen LogP) is 1.67. The Morgan fingerprint density at radius 2 is 1.50 bits per heavy atom. The average molecular weight is 374 g/mol. The van der Waals surface area contributed by atoms with Crippen molar-refractivity contribution in [3.05, 3.63) is 94.4 Å². The van der Waals surface area contributed by atoms with Gasteiger partial charge >= 0.3 is 0 Å². The van der Waals surface area contributed by atoms with Crippen LogP contribution in [0.3, 0.4) is 0 Å². The molecule has 1 aliphatic rings. The number of carbonyl (C=O) groups excluding carboxylic acids is 4. The molecule has 0 radical (unpaired) electrons. The van der Waals surface area contributed by atoms with Crippen LogP contribution in [-0.2, 0) is 6.54 Å². The van der Waals surface area contributed by atoms with E-state index in [1.807, 2.05) is 0 Å². The highest BCUT2D eigenvalue weighted by atomic mass is 16.4. The summed E-state index contributed by atoms with van der Waals surface area (Å²) in [6, 6.07) is 12.9. The lowest BCUT2D eigenvalue weighted by atomic mass is 9.98. The van der Waals surface area contributed by atoms with E-state index in [1.54, 1.807) is 12.1 Å². The number of amides is 2. The van der Waals surface area contributed by atoms with Crippen molar-refractivity contribution >= 4 is 23.6 Å². The standard InChI is InChI=1S/C21H13NO6/c23-18(12-3-5-13(6-4-12)21(26)27)14-7-8-16-17(10-14)20(25)22(19(16)24)11-15-2-1-9-28-15/h1-10H,11H2,(H,26,27)/p-1. The Morgan fingerprint density at radius 3 is 2.14 bits per heavy atom. The average Bonchev–Trinajstić information content (AvgIpc) is 3.30. The van der Waals surface area contributed by atoms with Crippen LogP contribution in [0.15, 0.2) is 65.3 Å². The van der Waals surface area contributed by atoms with Gasteiger partial charge in [-0.15, -0.1) is 0 Å². The monoisotopic (exact) mass is 374 g/mol. The number of aromatic carboxylic acids is 1. The van der Waals surface area contributed by atoms with Crippen molar-refractivity contribution in [2.45, 2.75) is 6.54 Å². The molecule has 1 aromatic heterocycles. The zero-order valence-corrected chi connectivity index (χ0v) is 14.4. The van der Waals surface area contributed by atoms with Gasteiger partial charge in [0.2, 0.25) is 0 Å². The molecule has 3 aromatic rings. The number of carbonyl (C=O) groups is 4. The third-order valence-electron chi connectivity index (χ3n) is 4.51. The first kappa shape index (κ1) is 17.4. The fourth-order valence-corrected chi connectivity index (χ4v) is 3.06. The van der Waals surface area contributed by atoms with E-state index in [0.29, 0.717) is 5.76 Å². The number of hydrogen-bond acceptors (Lipinski definition) is 6. The molecule has 0 unspecified atom stereocenters. The summed E-state index contributed by atoms with van der Waals surface area (Å²) in [7, 11) is 0. The van der Waals surface area contributed by atoms with Gasteiger partial charge in [0.25, 0.3) is 11.8 Å². The summed E-state index contributed by atoms with van der Waals surface area (Å²) >= 11 is 0. The molecule has 1 aliphatic heterocycles. The number of ketones is 1. The quantitative estimate of drug-likeness (QED) is 0.497. The molecular formula is C21H12NO6-. The number of furan rings is 1. The third-order valence-corrected chi connectivity index (χ3v) is 4.51. The van der Waals surface area contributed by atoms with Crippen LogP contribution in [0.1, 0.15) is 52.8 Å². The lowest BCUT2D eigenvalue weighted by Gasteiger charge is -2.11. The van der Waals surface area contributed by atoms with Crippen molar-refractivity contribution in [2.24, 2.45) is 0 Å². The Hall–Kier alpha value is -4.00. The van der Waals surface area contributed by atoms with Gasteiger partial charge in [-0.05, 0) is 29.8 Å². The minimum absolute atomic E-state index is 0.00725. The molecule has 2 aromatic carbocycles. The minimum Gasteiger partial charge on any atom is -0.545 e. The van der Waals surface area contributed by atoms with E-state index in [2.05, 4.69) is 0 Å². The van der Waals surface area contributed by atoms with E-state index < -0.39 is 23.6 Å². The number of carboxylic acid groups (broad SMARTS) is 1. The normalized spacial score (nSPS) is 12.9. The SMILES string of the molecule is O=C([O-])c1ccc(C(=O)c2ccc3c(c2)C(=O)N(Cc2ccco2)C3=O)cc1. The first-order valence-electron chi connectivity index (χ1n) is 8.34. The first-order valence-corrected chi connectivity index (χ1v) is 8.34. The minimum atomic E-state index is -1.34. The number of carboxylic acids is 1. The van der Waals surface area contributed by atoms with Crippen LogP contribution in [0.5, 0.6) is 0 Å². The fourth-order valence-electron chi connectivity index (χ4n) is 3.06. The molecule has 0 fully saturated rings. The molecule has 0 aliphatic carbocycles. The molecule has 0 N–H and O–H groups in total. The molecule has 0 saturated carbocycles. The first-order chi connectivity index (χ1) is 13.5. The Morgan fingerprint density at radius 1 is 0.857 bits per heavy atom. The topological polar surface area (TPSA) is 108 Å². The van der Waals surface area contributed by atoms with E-state index in [1.165, 1.54) is 48.7 Å². The predicted molar refractivity (Wildman–Crippen MR) is 93.6 cm³/mol. The van der Waals surface area contributed by atoms with E-state index in [-0.39, 0.29) is 34.4 Å². The summed E-state index contributed by atoms with van der Waals surface area (Å²) in [5.74, 6) is -2.21. The molecule has 138 valence electrons. The Kier molecular flexibility index (Phi) is 4.12. The summed E-state index contributed by atoms with van der Waals surface area (Å²) in [6.07, 6.45) is 1.45. The van der Waals surface area contributed by atoms with Gasteiger partial charge in [-0.25, -0.2) is 0 Å². The van der Waals surface area contributed by atoms with E-state index in [0.717, 1.165) is 4.90 Å². The van der Waals surface area contributed by atoms with E-state index >= 15 is 0 Å². The van der Waals surface area contributed by atoms with Crippen molar-refractivity contribution in [3.8, 4) is 0 Å². The lowest BCUT2D eigenvalue weighted by Crippen LogP contribution is -2.28. The third kappa shape index (κ3) is 2.88. The number of fused-ring (bicyclic) bond motifs is 1. The maximum atomic E-state index is 12.7. The highest BCUT2D eigenvalue weighted by molar-refractivity contribution is 6.22. The molecule has 7 heteroatoms. The Balaban J connectivity index is 1.62. The molecule has 0 atom stereocenters. The maximum Gasteiger partial charge on any atom is 0.261 e. The smallest absolute Gasteiger partial charge is 0.261 e. The molecule has 2 amide bonds. The number of imide groups is 1. The van der Waals surface area contributed by atoms with Gasteiger partial charge < -0.3 is 14.3 Å². The summed E-state index contributed by atoms with van der Waals surface area (Å²) in [6.45, 7) is 0.00725. The lowest BCUT2D eigenvalue weighted by molar-refractivity contribution is -0.255. The van der Waals surface area contributed by atoms with Crippen molar-refractivity contribution in [2.75, 3.05) is 0 Å². The largest absolute Gasteiger partial charge is 0.545 e. The molecule has 7 nitrogen and oxygen atoms in total. The number of benzene rings is 2. The van der Waals surface area contributed by atoms with E-state index in [4.69, 9.17) is 4.42 Å². The molecule has 0 bridgehead atoms. The van der Waals surface area contributed by atoms with Crippen LogP contribution in [-0.4, -0.2) is 28.5 Å². The highest BCUT2D eigenvalue weighted by Gasteiger charge is 2.36. The molecule has 2 heterocycles. The zero-order chi connectivity index (χ0) is 19.8. The second-order valence-electron chi connectivity index (χ2n) is 6.23. The van der Waals surface area contributed by atoms with Crippen molar-refractivity contribution in [1.29, 1.82) is 0 Å². The van der Waals surface area contributed by atoms with Gasteiger partial charge in [0.05, 0.1) is 29.9 Å². The summed E-state index contributed by atoms with van der Waals surface area (Å²) in [5.41, 5.74) is 0.809. The van der Waals surface area contributed by atoms with Crippen LogP contribution < -0.4 is 5.11 Å². The second-order valence-corrected chi connectivity index (χ2v) is 6.23. The summed E-state index contributed by atoms with van der Waals surface area (Å²) in [4.78, 5) is 49.7. The van der Waals surface area contributed by atoms with Crippen LogP contribution in [0.25, 0.3) is 0 Å². The molecule has 4 rings (SSSR count). The van der Waals surface area contributed by atoms with Crippen LogP contribution in [0, 0.1) is 0 Å². The van der Waals surface area contributed by atoms with Gasteiger partial charge in [-0.2, -0.15) is 0 Å². The Bertz CT molecular complexity index is 1110. The van der Waals surface area contributed by atoms with Gasteiger partial charge in [0, 0.05) is 11.1 Å². The maximum absolute atomic E-state index is 12.7. The second kappa shape index (κ2) is 6.62. The fraction of sp³-hybridized carbons (Fsp3) is 0.0476. The molecule has 0 saturated heterocycles. The van der Waals surface area contributed by atoms with Gasteiger partial charge in [-0.1, -0.05) is 30.3 Å². The Labute approximate surface area is 158 Å². The van der Waals surface area contributed by atoms with Crippen LogP contribution in [0.4, 0.5) is 0 Å². The van der Waals surface area contributed by atoms with Crippen LogP contribution >= 0.6 is 0 Å². The van der Waals surface area contributed by atoms with Crippen LogP contribution in [0.2, 0.25) is 0 Å². The molecule has 28 heavy (non-hydrogen) atoms. The molecular weight excluding hydrogens is 362 g/mol.